The van der Waals surface area contributed by atoms with Crippen LogP contribution in [0.15, 0.2) is 51.8 Å². The van der Waals surface area contributed by atoms with Gasteiger partial charge < -0.3 is 5.11 Å². The lowest BCUT2D eigenvalue weighted by Gasteiger charge is -2.28. The fraction of sp³-hybridized carbons (Fsp3) is 0.133. The summed E-state index contributed by atoms with van der Waals surface area (Å²) in [6.07, 6.45) is 0. The maximum absolute atomic E-state index is 13.0. The van der Waals surface area contributed by atoms with Gasteiger partial charge in [-0.1, -0.05) is 45.2 Å². The Labute approximate surface area is 158 Å². The molecule has 0 amide bonds. The summed E-state index contributed by atoms with van der Waals surface area (Å²) in [6, 6.07) is 8.86. The highest BCUT2D eigenvalue weighted by molar-refractivity contribution is 9.10. The highest BCUT2D eigenvalue weighted by atomic mass is 79.9. The van der Waals surface area contributed by atoms with Crippen molar-refractivity contribution >= 4 is 60.8 Å². The van der Waals surface area contributed by atoms with Crippen LogP contribution in [0.2, 0.25) is 10.0 Å². The molecule has 2 aromatic rings. The predicted octanol–water partition coefficient (Wildman–Crippen LogP) is 4.42. The second-order valence-corrected chi connectivity index (χ2v) is 8.42. The highest BCUT2D eigenvalue weighted by Crippen LogP contribution is 2.31. The summed E-state index contributed by atoms with van der Waals surface area (Å²) in [5.74, 6) is -1.28. The van der Waals surface area contributed by atoms with E-state index in [0.29, 0.717) is 4.47 Å². The molecule has 0 aliphatic heterocycles. The first kappa shape index (κ1) is 19.1. The van der Waals surface area contributed by atoms with E-state index in [2.05, 4.69) is 15.9 Å². The summed E-state index contributed by atoms with van der Waals surface area (Å²) in [5.41, 5.74) is 0.213. The molecule has 0 saturated heterocycles. The summed E-state index contributed by atoms with van der Waals surface area (Å²) in [4.78, 5) is 11.3. The third-order valence-electron chi connectivity index (χ3n) is 3.22. The molecule has 0 saturated carbocycles. The van der Waals surface area contributed by atoms with Crippen molar-refractivity contribution in [2.75, 3.05) is 4.31 Å². The lowest BCUT2D eigenvalue weighted by Crippen LogP contribution is -2.43. The highest BCUT2D eigenvalue weighted by Gasteiger charge is 2.33. The molecule has 1 N–H and O–H groups in total. The number of hydrogen-bond donors (Lipinski definition) is 1. The van der Waals surface area contributed by atoms with E-state index in [9.17, 15) is 18.3 Å². The number of hydrogen-bond acceptors (Lipinski definition) is 3. The molecule has 2 aromatic carbocycles. The minimum Gasteiger partial charge on any atom is -0.480 e. The van der Waals surface area contributed by atoms with Crippen molar-refractivity contribution in [2.45, 2.75) is 17.9 Å². The Balaban J connectivity index is 2.65. The summed E-state index contributed by atoms with van der Waals surface area (Å²) in [7, 11) is -4.17. The van der Waals surface area contributed by atoms with Crippen molar-refractivity contribution in [3.63, 3.8) is 0 Å². The van der Waals surface area contributed by atoms with Gasteiger partial charge in [-0.05, 0) is 43.3 Å². The molecule has 0 radical (unpaired) electrons. The Morgan fingerprint density at radius 3 is 2.38 bits per heavy atom. The van der Waals surface area contributed by atoms with Crippen molar-refractivity contribution in [1.29, 1.82) is 0 Å². The van der Waals surface area contributed by atoms with Gasteiger partial charge in [-0.3, -0.25) is 4.31 Å². The molecule has 0 fully saturated rings. The first-order valence-electron chi connectivity index (χ1n) is 6.62. The number of aliphatic carboxylic acids is 1. The van der Waals surface area contributed by atoms with Crippen molar-refractivity contribution in [3.8, 4) is 0 Å². The van der Waals surface area contributed by atoms with Gasteiger partial charge in [0.25, 0.3) is 10.0 Å². The SMILES string of the molecule is CC(C(=O)O)N(c1cccc(Br)c1)S(=O)(=O)c1ccc(Cl)c(Cl)c1. The minimum absolute atomic E-state index is 0.0647. The zero-order valence-corrected chi connectivity index (χ0v) is 16.2. The second-order valence-electron chi connectivity index (χ2n) is 4.87. The largest absolute Gasteiger partial charge is 0.480 e. The molecule has 24 heavy (non-hydrogen) atoms. The fourth-order valence-corrected chi connectivity index (χ4v) is 4.42. The molecule has 0 bridgehead atoms. The summed E-state index contributed by atoms with van der Waals surface area (Å²) in [6.45, 7) is 1.29. The Morgan fingerprint density at radius 1 is 1.17 bits per heavy atom. The van der Waals surface area contributed by atoms with E-state index in [-0.39, 0.29) is 20.6 Å². The van der Waals surface area contributed by atoms with Gasteiger partial charge in [-0.25, -0.2) is 13.2 Å². The molecule has 128 valence electrons. The summed E-state index contributed by atoms with van der Waals surface area (Å²) in [5, 5.41) is 9.60. The predicted molar refractivity (Wildman–Crippen MR) is 97.4 cm³/mol. The van der Waals surface area contributed by atoms with Crippen LogP contribution < -0.4 is 4.31 Å². The van der Waals surface area contributed by atoms with Gasteiger partial charge in [0.2, 0.25) is 0 Å². The standard InChI is InChI=1S/C15H12BrCl2NO4S/c1-9(15(20)21)19(11-4-2-3-10(16)7-11)24(22,23)12-5-6-13(17)14(18)8-12/h2-9H,1H3,(H,20,21). The summed E-state index contributed by atoms with van der Waals surface area (Å²) < 4.78 is 27.4. The Kier molecular flexibility index (Phi) is 5.80. The molecule has 9 heteroatoms. The van der Waals surface area contributed by atoms with Gasteiger partial charge in [0, 0.05) is 4.47 Å². The monoisotopic (exact) mass is 451 g/mol. The second kappa shape index (κ2) is 7.31. The number of nitrogens with zero attached hydrogens (tertiary/aromatic N) is 1. The van der Waals surface area contributed by atoms with Crippen LogP contribution in [-0.4, -0.2) is 25.5 Å². The van der Waals surface area contributed by atoms with Gasteiger partial charge in [0.1, 0.15) is 6.04 Å². The summed E-state index contributed by atoms with van der Waals surface area (Å²) >= 11 is 15.0. The van der Waals surface area contributed by atoms with Gasteiger partial charge in [-0.2, -0.15) is 0 Å². The number of sulfonamides is 1. The molecule has 2 rings (SSSR count). The number of rotatable bonds is 5. The molecular weight excluding hydrogens is 441 g/mol. The number of carboxylic acids is 1. The molecule has 0 aliphatic rings. The van der Waals surface area contributed by atoms with Crippen LogP contribution in [0.25, 0.3) is 0 Å². The van der Waals surface area contributed by atoms with Crippen molar-refractivity contribution < 1.29 is 18.3 Å². The van der Waals surface area contributed by atoms with Gasteiger partial charge >= 0.3 is 5.97 Å². The molecule has 0 aliphatic carbocycles. The molecule has 1 atom stereocenters. The van der Waals surface area contributed by atoms with Crippen molar-refractivity contribution in [3.05, 3.63) is 57.0 Å². The van der Waals surface area contributed by atoms with E-state index in [1.54, 1.807) is 12.1 Å². The fourth-order valence-electron chi connectivity index (χ4n) is 2.03. The first-order chi connectivity index (χ1) is 11.1. The Morgan fingerprint density at radius 2 is 1.83 bits per heavy atom. The number of benzene rings is 2. The van der Waals surface area contributed by atoms with Crippen LogP contribution in [-0.2, 0) is 14.8 Å². The number of halogens is 3. The van der Waals surface area contributed by atoms with Gasteiger partial charge in [0.15, 0.2) is 0 Å². The zero-order valence-electron chi connectivity index (χ0n) is 12.3. The molecule has 1 unspecified atom stereocenters. The maximum Gasteiger partial charge on any atom is 0.327 e. The topological polar surface area (TPSA) is 74.7 Å². The molecular formula is C15H12BrCl2NO4S. The van der Waals surface area contributed by atoms with Crippen LogP contribution in [0.4, 0.5) is 5.69 Å². The van der Waals surface area contributed by atoms with Crippen LogP contribution in [0.5, 0.6) is 0 Å². The third-order valence-corrected chi connectivity index (χ3v) is 6.35. The Hall–Kier alpha value is -1.28. The van der Waals surface area contributed by atoms with E-state index < -0.39 is 22.0 Å². The lowest BCUT2D eigenvalue weighted by atomic mass is 10.2. The van der Waals surface area contributed by atoms with Crippen molar-refractivity contribution in [1.82, 2.24) is 0 Å². The van der Waals surface area contributed by atoms with Crippen LogP contribution in [0.3, 0.4) is 0 Å². The smallest absolute Gasteiger partial charge is 0.327 e. The van der Waals surface area contributed by atoms with Gasteiger partial charge in [-0.15, -0.1) is 0 Å². The van der Waals surface area contributed by atoms with E-state index in [4.69, 9.17) is 23.2 Å². The molecule has 5 nitrogen and oxygen atoms in total. The van der Waals surface area contributed by atoms with E-state index in [0.717, 1.165) is 4.31 Å². The van der Waals surface area contributed by atoms with Crippen LogP contribution >= 0.6 is 39.1 Å². The quantitative estimate of drug-likeness (QED) is 0.728. The molecule has 0 spiro atoms. The zero-order chi connectivity index (χ0) is 18.1. The van der Waals surface area contributed by atoms with Crippen LogP contribution in [0, 0.1) is 0 Å². The van der Waals surface area contributed by atoms with Crippen molar-refractivity contribution in [2.24, 2.45) is 0 Å². The minimum atomic E-state index is -4.17. The average Bonchev–Trinajstić information content (AvgIpc) is 2.49. The maximum atomic E-state index is 13.0. The Bertz CT molecular complexity index is 889. The normalized spacial score (nSPS) is 12.7. The molecule has 0 aromatic heterocycles. The van der Waals surface area contributed by atoms with E-state index in [1.165, 1.54) is 37.3 Å². The first-order valence-corrected chi connectivity index (χ1v) is 9.61. The lowest BCUT2D eigenvalue weighted by molar-refractivity contribution is -0.137. The van der Waals surface area contributed by atoms with Crippen LogP contribution in [0.1, 0.15) is 6.92 Å². The van der Waals surface area contributed by atoms with E-state index in [1.807, 2.05) is 0 Å². The average molecular weight is 453 g/mol. The van der Waals surface area contributed by atoms with E-state index >= 15 is 0 Å². The third kappa shape index (κ3) is 3.85. The molecule has 0 heterocycles. The number of anilines is 1. The number of carbonyl (C=O) groups is 1. The number of carboxylic acid groups (broad SMARTS) is 1. The van der Waals surface area contributed by atoms with Gasteiger partial charge in [0.05, 0.1) is 20.6 Å².